The molecule has 17 heavy (non-hydrogen) atoms. The Morgan fingerprint density at radius 3 is 3.18 bits per heavy atom. The molecule has 0 bridgehead atoms. The highest BCUT2D eigenvalue weighted by Crippen LogP contribution is 2.25. The molecule has 0 aliphatic carbocycles. The van der Waals surface area contributed by atoms with Crippen LogP contribution >= 0.6 is 0 Å². The fraction of sp³-hybridized carbons (Fsp3) is 0.545. The van der Waals surface area contributed by atoms with Crippen LogP contribution < -0.4 is 10.2 Å². The van der Waals surface area contributed by atoms with Gasteiger partial charge in [0.05, 0.1) is 4.92 Å². The van der Waals surface area contributed by atoms with E-state index in [1.54, 1.807) is 12.3 Å². The summed E-state index contributed by atoms with van der Waals surface area (Å²) in [4.78, 5) is 16.5. The summed E-state index contributed by atoms with van der Waals surface area (Å²) < 4.78 is 0. The van der Waals surface area contributed by atoms with Crippen molar-refractivity contribution in [2.75, 3.05) is 31.6 Å². The normalized spacial score (nSPS) is 19.2. The van der Waals surface area contributed by atoms with Crippen LogP contribution in [0.3, 0.4) is 0 Å². The SMILES string of the molecule is CN(CC1CCNC1)c1ncccc1[N+](=O)[O-]. The lowest BCUT2D eigenvalue weighted by Crippen LogP contribution is -2.28. The zero-order chi connectivity index (χ0) is 12.3. The van der Waals surface area contributed by atoms with Crippen LogP contribution in [0.1, 0.15) is 6.42 Å². The Hall–Kier alpha value is -1.69. The van der Waals surface area contributed by atoms with Crippen molar-refractivity contribution in [3.63, 3.8) is 0 Å². The zero-order valence-corrected chi connectivity index (χ0v) is 9.80. The van der Waals surface area contributed by atoms with Crippen LogP contribution in [0.25, 0.3) is 0 Å². The summed E-state index contributed by atoms with van der Waals surface area (Å²) in [7, 11) is 1.85. The van der Waals surface area contributed by atoms with Crippen LogP contribution in [0.15, 0.2) is 18.3 Å². The molecule has 6 nitrogen and oxygen atoms in total. The van der Waals surface area contributed by atoms with Crippen LogP contribution in [-0.2, 0) is 0 Å². The largest absolute Gasteiger partial charge is 0.354 e. The van der Waals surface area contributed by atoms with Gasteiger partial charge in [0.15, 0.2) is 0 Å². The molecule has 0 aromatic carbocycles. The summed E-state index contributed by atoms with van der Waals surface area (Å²) in [5.74, 6) is 0.992. The van der Waals surface area contributed by atoms with Gasteiger partial charge in [-0.3, -0.25) is 10.1 Å². The van der Waals surface area contributed by atoms with Gasteiger partial charge >= 0.3 is 5.69 Å². The van der Waals surface area contributed by atoms with E-state index in [0.29, 0.717) is 11.7 Å². The third-order valence-corrected chi connectivity index (χ3v) is 3.02. The molecule has 6 heteroatoms. The summed E-state index contributed by atoms with van der Waals surface area (Å²) in [6.07, 6.45) is 2.71. The lowest BCUT2D eigenvalue weighted by Gasteiger charge is -2.21. The van der Waals surface area contributed by atoms with Crippen molar-refractivity contribution in [1.82, 2.24) is 10.3 Å². The first-order valence-electron chi connectivity index (χ1n) is 5.69. The Labute approximate surface area is 99.8 Å². The smallest absolute Gasteiger partial charge is 0.311 e. The second-order valence-corrected chi connectivity index (χ2v) is 4.34. The van der Waals surface area contributed by atoms with Gasteiger partial charge in [-0.15, -0.1) is 0 Å². The number of nitro groups is 1. The summed E-state index contributed by atoms with van der Waals surface area (Å²) in [6.45, 7) is 2.80. The maximum Gasteiger partial charge on any atom is 0.311 e. The first-order valence-corrected chi connectivity index (χ1v) is 5.69. The average Bonchev–Trinajstić information content (AvgIpc) is 2.81. The second-order valence-electron chi connectivity index (χ2n) is 4.34. The first kappa shape index (κ1) is 11.8. The summed E-state index contributed by atoms with van der Waals surface area (Å²) >= 11 is 0. The van der Waals surface area contributed by atoms with E-state index in [2.05, 4.69) is 10.3 Å². The number of aromatic nitrogens is 1. The van der Waals surface area contributed by atoms with Crippen LogP contribution in [0.4, 0.5) is 11.5 Å². The predicted molar refractivity (Wildman–Crippen MR) is 65.1 cm³/mol. The molecule has 0 radical (unpaired) electrons. The van der Waals surface area contributed by atoms with E-state index in [1.165, 1.54) is 6.07 Å². The number of pyridine rings is 1. The zero-order valence-electron chi connectivity index (χ0n) is 9.80. The molecule has 1 unspecified atom stereocenters. The molecule has 0 spiro atoms. The highest BCUT2D eigenvalue weighted by Gasteiger charge is 2.22. The third kappa shape index (κ3) is 2.71. The predicted octanol–water partition coefficient (Wildman–Crippen LogP) is 1.04. The summed E-state index contributed by atoms with van der Waals surface area (Å²) in [5, 5.41) is 14.2. The van der Waals surface area contributed by atoms with E-state index >= 15 is 0 Å². The Morgan fingerprint density at radius 1 is 1.71 bits per heavy atom. The Morgan fingerprint density at radius 2 is 2.53 bits per heavy atom. The van der Waals surface area contributed by atoms with Gasteiger partial charge in [-0.2, -0.15) is 0 Å². The van der Waals surface area contributed by atoms with Gasteiger partial charge in [-0.05, 0) is 31.5 Å². The summed E-state index contributed by atoms with van der Waals surface area (Å²) in [6, 6.07) is 3.08. The van der Waals surface area contributed by atoms with E-state index in [4.69, 9.17) is 0 Å². The molecule has 92 valence electrons. The van der Waals surface area contributed by atoms with Crippen molar-refractivity contribution in [2.24, 2.45) is 5.92 Å². The van der Waals surface area contributed by atoms with Crippen molar-refractivity contribution in [1.29, 1.82) is 0 Å². The number of hydrogen-bond donors (Lipinski definition) is 1. The van der Waals surface area contributed by atoms with Gasteiger partial charge in [0.1, 0.15) is 0 Å². The van der Waals surface area contributed by atoms with E-state index in [-0.39, 0.29) is 10.6 Å². The van der Waals surface area contributed by atoms with Crippen molar-refractivity contribution >= 4 is 11.5 Å². The molecule has 1 fully saturated rings. The van der Waals surface area contributed by atoms with Gasteiger partial charge in [-0.25, -0.2) is 4.98 Å². The lowest BCUT2D eigenvalue weighted by molar-refractivity contribution is -0.384. The molecule has 1 aliphatic heterocycles. The van der Waals surface area contributed by atoms with E-state index in [0.717, 1.165) is 26.1 Å². The van der Waals surface area contributed by atoms with Crippen molar-refractivity contribution in [3.05, 3.63) is 28.4 Å². The topological polar surface area (TPSA) is 71.3 Å². The quantitative estimate of drug-likeness (QED) is 0.624. The van der Waals surface area contributed by atoms with E-state index < -0.39 is 0 Å². The average molecular weight is 236 g/mol. The molecule has 2 rings (SSSR count). The molecule has 1 saturated heterocycles. The standard InChI is InChI=1S/C11H16N4O2/c1-14(8-9-4-6-12-7-9)11-10(15(16)17)3-2-5-13-11/h2-3,5,9,12H,4,6-8H2,1H3. The van der Waals surface area contributed by atoms with Gasteiger partial charge in [0.2, 0.25) is 5.82 Å². The lowest BCUT2D eigenvalue weighted by atomic mass is 10.1. The minimum Gasteiger partial charge on any atom is -0.354 e. The maximum atomic E-state index is 10.9. The molecule has 1 aromatic rings. The van der Waals surface area contributed by atoms with Crippen LogP contribution in [0, 0.1) is 16.0 Å². The fourth-order valence-corrected chi connectivity index (χ4v) is 2.17. The molecule has 1 N–H and O–H groups in total. The Kier molecular flexibility index (Phi) is 3.53. The van der Waals surface area contributed by atoms with Gasteiger partial charge in [-0.1, -0.05) is 0 Å². The number of rotatable bonds is 4. The molecule has 2 heterocycles. The van der Waals surface area contributed by atoms with Gasteiger partial charge in [0, 0.05) is 25.9 Å². The molecule has 0 amide bonds. The highest BCUT2D eigenvalue weighted by molar-refractivity contribution is 5.56. The minimum absolute atomic E-state index is 0.0703. The number of nitrogens with zero attached hydrogens (tertiary/aromatic N) is 3. The number of hydrogen-bond acceptors (Lipinski definition) is 5. The van der Waals surface area contributed by atoms with Crippen molar-refractivity contribution in [3.8, 4) is 0 Å². The fourth-order valence-electron chi connectivity index (χ4n) is 2.17. The monoisotopic (exact) mass is 236 g/mol. The van der Waals surface area contributed by atoms with E-state index in [9.17, 15) is 10.1 Å². The Balaban J connectivity index is 2.12. The molecular formula is C11H16N4O2. The summed E-state index contributed by atoms with van der Waals surface area (Å²) in [5.41, 5.74) is 0.0703. The highest BCUT2D eigenvalue weighted by atomic mass is 16.6. The van der Waals surface area contributed by atoms with Gasteiger partial charge < -0.3 is 10.2 Å². The molecule has 1 aliphatic rings. The number of nitrogens with one attached hydrogen (secondary N) is 1. The third-order valence-electron chi connectivity index (χ3n) is 3.02. The van der Waals surface area contributed by atoms with Crippen LogP contribution in [-0.4, -0.2) is 36.6 Å². The minimum atomic E-state index is -0.383. The van der Waals surface area contributed by atoms with Crippen LogP contribution in [0.2, 0.25) is 0 Å². The van der Waals surface area contributed by atoms with Crippen LogP contribution in [0.5, 0.6) is 0 Å². The van der Waals surface area contributed by atoms with Crippen molar-refractivity contribution < 1.29 is 4.92 Å². The molecule has 1 aromatic heterocycles. The molecular weight excluding hydrogens is 220 g/mol. The molecule has 0 saturated carbocycles. The maximum absolute atomic E-state index is 10.9. The van der Waals surface area contributed by atoms with E-state index in [1.807, 2.05) is 11.9 Å². The first-order chi connectivity index (χ1) is 8.18. The second kappa shape index (κ2) is 5.09. The number of anilines is 1. The molecule has 1 atom stereocenters. The van der Waals surface area contributed by atoms with Gasteiger partial charge in [0.25, 0.3) is 0 Å². The van der Waals surface area contributed by atoms with Crippen molar-refractivity contribution in [2.45, 2.75) is 6.42 Å². The Bertz CT molecular complexity index is 404.